The van der Waals surface area contributed by atoms with E-state index in [1.807, 2.05) is 6.92 Å². The molecule has 0 aromatic carbocycles. The van der Waals surface area contributed by atoms with Gasteiger partial charge in [0.2, 0.25) is 0 Å². The molecule has 0 saturated carbocycles. The van der Waals surface area contributed by atoms with E-state index in [4.69, 9.17) is 5.73 Å². The van der Waals surface area contributed by atoms with Crippen LogP contribution in [0.25, 0.3) is 0 Å². The summed E-state index contributed by atoms with van der Waals surface area (Å²) in [5.74, 6) is -1.09. The normalized spacial score (nSPS) is 12.2. The molecule has 1 aromatic rings. The zero-order valence-electron chi connectivity index (χ0n) is 9.43. The maximum atomic E-state index is 11.4. The quantitative estimate of drug-likeness (QED) is 0.717. The minimum atomic E-state index is -0.663. The van der Waals surface area contributed by atoms with Crippen LogP contribution in [0.1, 0.15) is 35.6 Å². The van der Waals surface area contributed by atoms with E-state index in [0.29, 0.717) is 12.1 Å². The van der Waals surface area contributed by atoms with E-state index in [2.05, 4.69) is 15.0 Å². The van der Waals surface area contributed by atoms with E-state index in [-0.39, 0.29) is 5.69 Å². The Morgan fingerprint density at radius 3 is 2.56 bits per heavy atom. The minimum Gasteiger partial charge on any atom is -0.467 e. The van der Waals surface area contributed by atoms with Crippen molar-refractivity contribution in [2.75, 3.05) is 7.11 Å². The topological polar surface area (TPSA) is 100 Å². The Morgan fingerprint density at radius 2 is 2.19 bits per heavy atom. The molecule has 7 heteroatoms. The Hall–Kier alpha value is -1.92. The van der Waals surface area contributed by atoms with Crippen LogP contribution in [0, 0.1) is 6.92 Å². The molecule has 0 spiro atoms. The van der Waals surface area contributed by atoms with Crippen LogP contribution in [0.4, 0.5) is 0 Å². The van der Waals surface area contributed by atoms with E-state index < -0.39 is 17.9 Å². The van der Waals surface area contributed by atoms with E-state index in [1.165, 1.54) is 11.8 Å². The fourth-order valence-corrected chi connectivity index (χ4v) is 1.44. The lowest BCUT2D eigenvalue weighted by Crippen LogP contribution is -2.23. The second kappa shape index (κ2) is 4.73. The molecule has 1 aromatic heterocycles. The number of rotatable bonds is 4. The monoisotopic (exact) mass is 226 g/mol. The van der Waals surface area contributed by atoms with Crippen molar-refractivity contribution in [3.63, 3.8) is 0 Å². The van der Waals surface area contributed by atoms with Gasteiger partial charge in [-0.05, 0) is 13.3 Å². The van der Waals surface area contributed by atoms with E-state index in [0.717, 1.165) is 0 Å². The van der Waals surface area contributed by atoms with Crippen LogP contribution in [0.3, 0.4) is 0 Å². The number of hydrogen-bond acceptors (Lipinski definition) is 5. The van der Waals surface area contributed by atoms with Crippen LogP contribution in [-0.2, 0) is 9.53 Å². The smallest absolute Gasteiger partial charge is 0.330 e. The minimum absolute atomic E-state index is 0.0716. The number of amides is 1. The number of hydrogen-bond donors (Lipinski definition) is 1. The molecular formula is C9H14N4O3. The highest BCUT2D eigenvalue weighted by atomic mass is 16.5. The average molecular weight is 226 g/mol. The van der Waals surface area contributed by atoms with Crippen molar-refractivity contribution >= 4 is 11.9 Å². The molecule has 0 aliphatic rings. The lowest BCUT2D eigenvalue weighted by atomic mass is 10.2. The first-order chi connectivity index (χ1) is 7.52. The van der Waals surface area contributed by atoms with E-state index >= 15 is 0 Å². The van der Waals surface area contributed by atoms with Crippen LogP contribution < -0.4 is 5.73 Å². The van der Waals surface area contributed by atoms with Gasteiger partial charge in [-0.25, -0.2) is 9.48 Å². The van der Waals surface area contributed by atoms with Crippen LogP contribution in [0.2, 0.25) is 0 Å². The van der Waals surface area contributed by atoms with Gasteiger partial charge in [-0.1, -0.05) is 12.1 Å². The highest BCUT2D eigenvalue weighted by Crippen LogP contribution is 2.15. The zero-order valence-corrected chi connectivity index (χ0v) is 9.43. The molecule has 1 unspecified atom stereocenters. The van der Waals surface area contributed by atoms with Crippen molar-refractivity contribution in [2.24, 2.45) is 5.73 Å². The fraction of sp³-hybridized carbons (Fsp3) is 0.556. The van der Waals surface area contributed by atoms with Crippen molar-refractivity contribution in [1.29, 1.82) is 0 Å². The van der Waals surface area contributed by atoms with Crippen molar-refractivity contribution < 1.29 is 14.3 Å². The third kappa shape index (κ3) is 2.02. The van der Waals surface area contributed by atoms with Crippen LogP contribution in [0.15, 0.2) is 0 Å². The van der Waals surface area contributed by atoms with Gasteiger partial charge in [0, 0.05) is 0 Å². The van der Waals surface area contributed by atoms with Gasteiger partial charge < -0.3 is 10.5 Å². The fourth-order valence-electron chi connectivity index (χ4n) is 1.44. The van der Waals surface area contributed by atoms with Gasteiger partial charge in [0.15, 0.2) is 11.7 Å². The maximum absolute atomic E-state index is 11.4. The van der Waals surface area contributed by atoms with Gasteiger partial charge in [-0.2, -0.15) is 0 Å². The molecule has 88 valence electrons. The number of aromatic nitrogens is 3. The molecule has 0 aliphatic carbocycles. The molecule has 2 N–H and O–H groups in total. The van der Waals surface area contributed by atoms with Crippen molar-refractivity contribution in [3.8, 4) is 0 Å². The summed E-state index contributed by atoms with van der Waals surface area (Å²) >= 11 is 0. The van der Waals surface area contributed by atoms with Crippen LogP contribution in [-0.4, -0.2) is 34.0 Å². The summed E-state index contributed by atoms with van der Waals surface area (Å²) in [6.45, 7) is 3.44. The average Bonchev–Trinajstić information content (AvgIpc) is 2.62. The first-order valence-corrected chi connectivity index (χ1v) is 4.82. The van der Waals surface area contributed by atoms with Crippen LogP contribution >= 0.6 is 0 Å². The van der Waals surface area contributed by atoms with Crippen molar-refractivity contribution in [1.82, 2.24) is 15.0 Å². The van der Waals surface area contributed by atoms with Crippen LogP contribution in [0.5, 0.6) is 0 Å². The zero-order chi connectivity index (χ0) is 12.3. The lowest BCUT2D eigenvalue weighted by Gasteiger charge is -2.13. The van der Waals surface area contributed by atoms with Crippen molar-refractivity contribution in [2.45, 2.75) is 26.3 Å². The third-order valence-electron chi connectivity index (χ3n) is 2.32. The summed E-state index contributed by atoms with van der Waals surface area (Å²) in [5, 5.41) is 7.37. The summed E-state index contributed by atoms with van der Waals surface area (Å²) < 4.78 is 5.99. The Bertz CT molecular complexity index is 413. The highest BCUT2D eigenvalue weighted by Gasteiger charge is 2.24. The molecule has 1 amide bonds. The molecule has 1 rings (SSSR count). The summed E-state index contributed by atoms with van der Waals surface area (Å²) in [4.78, 5) is 22.4. The molecule has 0 aliphatic heterocycles. The molecular weight excluding hydrogens is 212 g/mol. The summed E-state index contributed by atoms with van der Waals surface area (Å²) in [6, 6.07) is -0.578. The number of carbonyl (C=O) groups is 2. The SMILES string of the molecule is CCC(C(=O)OC)n1nnc(C(N)=O)c1C. The Morgan fingerprint density at radius 1 is 1.56 bits per heavy atom. The standard InChI is InChI=1S/C9H14N4O3/c1-4-6(9(15)16-3)13-5(2)7(8(10)14)11-12-13/h6H,4H2,1-3H3,(H2,10,14). The number of esters is 1. The Kier molecular flexibility index (Phi) is 3.60. The third-order valence-corrected chi connectivity index (χ3v) is 2.32. The summed E-state index contributed by atoms with van der Waals surface area (Å²) in [6.07, 6.45) is 0.495. The summed E-state index contributed by atoms with van der Waals surface area (Å²) in [5.41, 5.74) is 5.64. The molecule has 1 atom stereocenters. The summed E-state index contributed by atoms with van der Waals surface area (Å²) in [7, 11) is 1.30. The number of carbonyl (C=O) groups excluding carboxylic acids is 2. The first kappa shape index (κ1) is 12.2. The molecule has 16 heavy (non-hydrogen) atoms. The second-order valence-corrected chi connectivity index (χ2v) is 3.28. The molecule has 0 saturated heterocycles. The molecule has 0 radical (unpaired) electrons. The molecule has 0 fully saturated rings. The predicted octanol–water partition coefficient (Wildman–Crippen LogP) is -0.190. The van der Waals surface area contributed by atoms with E-state index in [9.17, 15) is 9.59 Å². The number of nitrogens with two attached hydrogens (primary N) is 1. The van der Waals surface area contributed by atoms with Gasteiger partial charge in [-0.3, -0.25) is 4.79 Å². The first-order valence-electron chi connectivity index (χ1n) is 4.82. The molecule has 7 nitrogen and oxygen atoms in total. The van der Waals surface area contributed by atoms with E-state index in [1.54, 1.807) is 6.92 Å². The molecule has 0 bridgehead atoms. The van der Waals surface area contributed by atoms with Crippen molar-refractivity contribution in [3.05, 3.63) is 11.4 Å². The largest absolute Gasteiger partial charge is 0.467 e. The second-order valence-electron chi connectivity index (χ2n) is 3.28. The Labute approximate surface area is 92.6 Å². The number of nitrogens with zero attached hydrogens (tertiary/aromatic N) is 3. The molecule has 1 heterocycles. The number of primary amides is 1. The van der Waals surface area contributed by atoms with Gasteiger partial charge in [0.25, 0.3) is 5.91 Å². The number of ether oxygens (including phenoxy) is 1. The maximum Gasteiger partial charge on any atom is 0.330 e. The highest BCUT2D eigenvalue weighted by molar-refractivity contribution is 5.91. The van der Waals surface area contributed by atoms with Gasteiger partial charge in [0.05, 0.1) is 12.8 Å². The van der Waals surface area contributed by atoms with Gasteiger partial charge in [-0.15, -0.1) is 5.10 Å². The lowest BCUT2D eigenvalue weighted by molar-refractivity contribution is -0.145. The number of methoxy groups -OCH3 is 1. The predicted molar refractivity (Wildman–Crippen MR) is 54.6 cm³/mol. The van der Waals surface area contributed by atoms with Gasteiger partial charge >= 0.3 is 5.97 Å². The van der Waals surface area contributed by atoms with Gasteiger partial charge in [0.1, 0.15) is 0 Å². The Balaban J connectivity index is 3.12.